The Morgan fingerprint density at radius 1 is 1.17 bits per heavy atom. The van der Waals surface area contributed by atoms with E-state index in [0.717, 1.165) is 9.13 Å². The van der Waals surface area contributed by atoms with Crippen LogP contribution in [0.25, 0.3) is 0 Å². The third-order valence-corrected chi connectivity index (χ3v) is 3.57. The Hall–Kier alpha value is -1.44. The predicted octanol–water partition coefficient (Wildman–Crippen LogP) is 1.21. The second kappa shape index (κ2) is 4.68. The average molecular weight is 358 g/mol. The molecule has 0 aliphatic carbocycles. The highest BCUT2D eigenvalue weighted by Gasteiger charge is 2.46. The lowest BCUT2D eigenvalue weighted by atomic mass is 9.80. The van der Waals surface area contributed by atoms with Gasteiger partial charge in [-0.15, -0.1) is 0 Å². The summed E-state index contributed by atoms with van der Waals surface area (Å²) in [7, 11) is 0. The fourth-order valence-electron chi connectivity index (χ4n) is 1.83. The highest BCUT2D eigenvalue weighted by Crippen LogP contribution is 2.26. The maximum absolute atomic E-state index is 11.8. The van der Waals surface area contributed by atoms with Gasteiger partial charge in [-0.1, -0.05) is 12.1 Å². The average Bonchev–Trinajstić information content (AvgIpc) is 2.26. The van der Waals surface area contributed by atoms with Crippen molar-refractivity contribution in [1.29, 1.82) is 0 Å². The largest absolute Gasteiger partial charge is 0.328 e. The van der Waals surface area contributed by atoms with Crippen LogP contribution < -0.4 is 10.6 Å². The molecule has 4 amide bonds. The highest BCUT2D eigenvalue weighted by atomic mass is 127. The first-order chi connectivity index (χ1) is 8.41. The number of nitrogens with one attached hydrogen (secondary N) is 2. The molecule has 0 aromatic heterocycles. The fourth-order valence-corrected chi connectivity index (χ4v) is 2.44. The molecule has 0 spiro atoms. The number of amides is 4. The van der Waals surface area contributed by atoms with Crippen molar-refractivity contribution in [2.45, 2.75) is 13.3 Å². The summed E-state index contributed by atoms with van der Waals surface area (Å²) in [6.45, 7) is 1.53. The Bertz CT molecular complexity index is 522. The Balaban J connectivity index is 2.28. The standard InChI is InChI=1S/C12H11IN2O3/c1-12(6-7-3-2-4-8(13)5-7)9(16)14-11(18)15-10(12)17/h2-5H,6H2,1H3,(H2,14,15,16,17,18). The molecule has 1 aliphatic rings. The van der Waals surface area contributed by atoms with Crippen molar-refractivity contribution in [2.75, 3.05) is 0 Å². The first-order valence-electron chi connectivity index (χ1n) is 5.33. The molecule has 1 heterocycles. The number of benzene rings is 1. The minimum atomic E-state index is -1.25. The van der Waals surface area contributed by atoms with Crippen molar-refractivity contribution in [3.63, 3.8) is 0 Å². The molecule has 1 fully saturated rings. The van der Waals surface area contributed by atoms with Crippen molar-refractivity contribution < 1.29 is 14.4 Å². The van der Waals surface area contributed by atoms with Crippen molar-refractivity contribution in [3.8, 4) is 0 Å². The van der Waals surface area contributed by atoms with Gasteiger partial charge in [0.2, 0.25) is 11.8 Å². The molecule has 1 aliphatic heterocycles. The monoisotopic (exact) mass is 358 g/mol. The molecule has 0 saturated carbocycles. The van der Waals surface area contributed by atoms with Crippen LogP contribution in [0.3, 0.4) is 0 Å². The number of hydrogen-bond donors (Lipinski definition) is 2. The minimum Gasteiger partial charge on any atom is -0.277 e. The van der Waals surface area contributed by atoms with Crippen LogP contribution in [0, 0.1) is 8.99 Å². The van der Waals surface area contributed by atoms with Crippen molar-refractivity contribution in [1.82, 2.24) is 10.6 Å². The molecule has 0 bridgehead atoms. The molecule has 1 aromatic rings. The summed E-state index contributed by atoms with van der Waals surface area (Å²) in [5.74, 6) is -1.12. The van der Waals surface area contributed by atoms with E-state index >= 15 is 0 Å². The molecule has 0 radical (unpaired) electrons. The number of hydrogen-bond acceptors (Lipinski definition) is 3. The van der Waals surface area contributed by atoms with Crippen LogP contribution in [0.4, 0.5) is 4.79 Å². The van der Waals surface area contributed by atoms with Crippen molar-refractivity contribution in [2.24, 2.45) is 5.41 Å². The summed E-state index contributed by atoms with van der Waals surface area (Å²) < 4.78 is 1.03. The topological polar surface area (TPSA) is 75.3 Å². The molecule has 1 saturated heterocycles. The third-order valence-electron chi connectivity index (χ3n) is 2.90. The van der Waals surface area contributed by atoms with E-state index in [-0.39, 0.29) is 6.42 Å². The van der Waals surface area contributed by atoms with E-state index in [0.29, 0.717) is 0 Å². The molecule has 18 heavy (non-hydrogen) atoms. The second-order valence-corrected chi connectivity index (χ2v) is 5.62. The van der Waals surface area contributed by atoms with E-state index < -0.39 is 23.3 Å². The summed E-state index contributed by atoms with van der Waals surface area (Å²) in [6, 6.07) is 6.79. The van der Waals surface area contributed by atoms with Gasteiger partial charge in [0.15, 0.2) is 0 Å². The van der Waals surface area contributed by atoms with Crippen LogP contribution in [0.2, 0.25) is 0 Å². The van der Waals surface area contributed by atoms with Gasteiger partial charge in [0.25, 0.3) is 0 Å². The zero-order valence-corrected chi connectivity index (χ0v) is 11.8. The van der Waals surface area contributed by atoms with Crippen LogP contribution in [0.5, 0.6) is 0 Å². The molecular formula is C12H11IN2O3. The highest BCUT2D eigenvalue weighted by molar-refractivity contribution is 14.1. The van der Waals surface area contributed by atoms with Crippen LogP contribution in [0.15, 0.2) is 24.3 Å². The number of rotatable bonds is 2. The normalized spacial score (nSPS) is 18.2. The van der Waals surface area contributed by atoms with Gasteiger partial charge in [-0.3, -0.25) is 20.2 Å². The minimum absolute atomic E-state index is 0.259. The van der Waals surface area contributed by atoms with Gasteiger partial charge in [0.1, 0.15) is 5.41 Å². The summed E-state index contributed by atoms with van der Waals surface area (Å²) in [6.07, 6.45) is 0.259. The zero-order valence-electron chi connectivity index (χ0n) is 9.62. The van der Waals surface area contributed by atoms with E-state index in [1.54, 1.807) is 0 Å². The quantitative estimate of drug-likeness (QED) is 0.617. The van der Waals surface area contributed by atoms with Crippen LogP contribution >= 0.6 is 22.6 Å². The number of halogens is 1. The molecular weight excluding hydrogens is 347 g/mol. The Morgan fingerprint density at radius 2 is 1.78 bits per heavy atom. The third kappa shape index (κ3) is 2.38. The molecule has 5 nitrogen and oxygen atoms in total. The van der Waals surface area contributed by atoms with Crippen LogP contribution in [-0.4, -0.2) is 17.8 Å². The summed E-state index contributed by atoms with van der Waals surface area (Å²) >= 11 is 2.16. The lowest BCUT2D eigenvalue weighted by molar-refractivity contribution is -0.143. The molecule has 0 atom stereocenters. The fraction of sp³-hybridized carbons (Fsp3) is 0.250. The predicted molar refractivity (Wildman–Crippen MR) is 72.7 cm³/mol. The van der Waals surface area contributed by atoms with Crippen LogP contribution in [0.1, 0.15) is 12.5 Å². The van der Waals surface area contributed by atoms with Gasteiger partial charge >= 0.3 is 6.03 Å². The summed E-state index contributed by atoms with van der Waals surface area (Å²) in [5, 5.41) is 4.25. The number of barbiturate groups is 1. The Kier molecular flexibility index (Phi) is 3.38. The molecule has 0 unspecified atom stereocenters. The number of urea groups is 1. The van der Waals surface area contributed by atoms with Gasteiger partial charge in [-0.05, 0) is 53.6 Å². The molecule has 6 heteroatoms. The van der Waals surface area contributed by atoms with E-state index in [2.05, 4.69) is 33.2 Å². The molecule has 94 valence electrons. The van der Waals surface area contributed by atoms with Gasteiger partial charge in [0, 0.05) is 3.57 Å². The van der Waals surface area contributed by atoms with Gasteiger partial charge in [0.05, 0.1) is 0 Å². The summed E-state index contributed by atoms with van der Waals surface area (Å²) in [4.78, 5) is 34.7. The SMILES string of the molecule is CC1(Cc2cccc(I)c2)C(=O)NC(=O)NC1=O. The molecule has 2 rings (SSSR count). The van der Waals surface area contributed by atoms with E-state index in [9.17, 15) is 14.4 Å². The molecule has 2 N–H and O–H groups in total. The van der Waals surface area contributed by atoms with E-state index in [1.807, 2.05) is 24.3 Å². The lowest BCUT2D eigenvalue weighted by Crippen LogP contribution is -2.62. The number of carbonyl (C=O) groups excluding carboxylic acids is 3. The second-order valence-electron chi connectivity index (χ2n) is 4.38. The Labute approximate surface area is 117 Å². The number of imide groups is 2. The van der Waals surface area contributed by atoms with Crippen molar-refractivity contribution in [3.05, 3.63) is 33.4 Å². The van der Waals surface area contributed by atoms with Crippen molar-refractivity contribution >= 4 is 40.4 Å². The lowest BCUT2D eigenvalue weighted by Gasteiger charge is -2.30. The number of carbonyl (C=O) groups is 3. The van der Waals surface area contributed by atoms with E-state index in [4.69, 9.17) is 0 Å². The Morgan fingerprint density at radius 3 is 2.33 bits per heavy atom. The van der Waals surface area contributed by atoms with E-state index in [1.165, 1.54) is 6.92 Å². The molecule has 1 aromatic carbocycles. The maximum Gasteiger partial charge on any atom is 0.328 e. The first kappa shape index (κ1) is 13.0. The first-order valence-corrected chi connectivity index (χ1v) is 6.41. The van der Waals surface area contributed by atoms with Gasteiger partial charge < -0.3 is 0 Å². The zero-order chi connectivity index (χ0) is 13.3. The van der Waals surface area contributed by atoms with Gasteiger partial charge in [-0.25, -0.2) is 4.79 Å². The van der Waals surface area contributed by atoms with Gasteiger partial charge in [-0.2, -0.15) is 0 Å². The maximum atomic E-state index is 11.8. The summed E-state index contributed by atoms with van der Waals surface area (Å²) in [5.41, 5.74) is -0.373. The van der Waals surface area contributed by atoms with Crippen LogP contribution in [-0.2, 0) is 16.0 Å². The smallest absolute Gasteiger partial charge is 0.277 e.